The first kappa shape index (κ1) is 18.8. The summed E-state index contributed by atoms with van der Waals surface area (Å²) in [6.07, 6.45) is 0.639. The molecule has 27 heavy (non-hydrogen) atoms. The van der Waals surface area contributed by atoms with Crippen molar-refractivity contribution in [3.8, 4) is 5.75 Å². The molecule has 0 saturated carbocycles. The minimum Gasteiger partial charge on any atom is -0.478 e. The summed E-state index contributed by atoms with van der Waals surface area (Å²) in [5.74, 6) is -1.06. The Morgan fingerprint density at radius 3 is 2.70 bits per heavy atom. The van der Waals surface area contributed by atoms with Gasteiger partial charge in [0.1, 0.15) is 5.75 Å². The first-order valence-corrected chi connectivity index (χ1v) is 9.64. The Labute approximate surface area is 156 Å². The molecule has 3 rings (SSSR count). The van der Waals surface area contributed by atoms with Gasteiger partial charge in [-0.15, -0.1) is 5.10 Å². The molecule has 10 heteroatoms. The highest BCUT2D eigenvalue weighted by atomic mass is 32.2. The van der Waals surface area contributed by atoms with Gasteiger partial charge in [0.15, 0.2) is 11.8 Å². The highest BCUT2D eigenvalue weighted by molar-refractivity contribution is 7.90. The van der Waals surface area contributed by atoms with Gasteiger partial charge in [-0.2, -0.15) is 5.10 Å². The molecule has 0 fully saturated rings. The second kappa shape index (κ2) is 6.95. The zero-order chi connectivity index (χ0) is 19.8. The third-order valence-electron chi connectivity index (χ3n) is 3.97. The molecule has 2 N–H and O–H groups in total. The molecular formula is C17H18N4O5S. The number of fused-ring (bicyclic) bond motifs is 1. The van der Waals surface area contributed by atoms with Crippen LogP contribution in [0.3, 0.4) is 0 Å². The van der Waals surface area contributed by atoms with E-state index in [0.29, 0.717) is 11.3 Å². The van der Waals surface area contributed by atoms with Gasteiger partial charge in [0.05, 0.1) is 10.6 Å². The van der Waals surface area contributed by atoms with Gasteiger partial charge in [-0.1, -0.05) is 13.8 Å². The second-order valence-electron chi connectivity index (χ2n) is 6.43. The summed E-state index contributed by atoms with van der Waals surface area (Å²) in [4.78, 5) is 24.1. The van der Waals surface area contributed by atoms with Crippen molar-refractivity contribution >= 4 is 27.5 Å². The number of carbonyl (C=O) groups is 2. The van der Waals surface area contributed by atoms with Crippen LogP contribution >= 0.6 is 0 Å². The quantitative estimate of drug-likeness (QED) is 0.804. The molecule has 0 radical (unpaired) electrons. The summed E-state index contributed by atoms with van der Waals surface area (Å²) in [6.45, 7) is 5.20. The summed E-state index contributed by atoms with van der Waals surface area (Å²) in [6, 6.07) is 5.61. The number of aryl methyl sites for hydroxylation is 1. The number of aromatic nitrogens is 2. The molecule has 1 atom stereocenters. The molecule has 0 spiro atoms. The molecule has 0 aliphatic carbocycles. The molecule has 1 aliphatic rings. The largest absolute Gasteiger partial charge is 0.478 e. The number of carbonyl (C=O) groups excluding carboxylic acids is 2. The van der Waals surface area contributed by atoms with E-state index in [9.17, 15) is 18.0 Å². The number of sulfonamides is 1. The Kier molecular flexibility index (Phi) is 4.83. The molecular weight excluding hydrogens is 372 g/mol. The lowest BCUT2D eigenvalue weighted by atomic mass is 10.0. The van der Waals surface area contributed by atoms with E-state index < -0.39 is 22.0 Å². The van der Waals surface area contributed by atoms with Crippen LogP contribution in [0.1, 0.15) is 29.9 Å². The van der Waals surface area contributed by atoms with Crippen molar-refractivity contribution in [1.29, 1.82) is 0 Å². The topological polar surface area (TPSA) is 127 Å². The smallest absolute Gasteiger partial charge is 0.285 e. The van der Waals surface area contributed by atoms with Crippen LogP contribution in [0, 0.1) is 12.8 Å². The SMILES string of the molecule is Cc1cc2c(cc1S(=O)(=O)NC(=O)c1cccnn1)O[C@@H](C(C)C)C(=O)N2. The summed E-state index contributed by atoms with van der Waals surface area (Å²) < 4.78 is 33.0. The number of hydrogen-bond acceptors (Lipinski definition) is 7. The highest BCUT2D eigenvalue weighted by Crippen LogP contribution is 2.35. The van der Waals surface area contributed by atoms with Crippen LogP contribution in [0.15, 0.2) is 35.4 Å². The summed E-state index contributed by atoms with van der Waals surface area (Å²) >= 11 is 0. The van der Waals surface area contributed by atoms with E-state index in [0.717, 1.165) is 0 Å². The van der Waals surface area contributed by atoms with E-state index >= 15 is 0 Å². The molecule has 2 heterocycles. The van der Waals surface area contributed by atoms with Crippen LogP contribution < -0.4 is 14.8 Å². The zero-order valence-electron chi connectivity index (χ0n) is 14.9. The molecule has 0 saturated heterocycles. The average molecular weight is 390 g/mol. The predicted octanol–water partition coefficient (Wildman–Crippen LogP) is 1.26. The van der Waals surface area contributed by atoms with Crippen molar-refractivity contribution in [1.82, 2.24) is 14.9 Å². The van der Waals surface area contributed by atoms with Crippen molar-refractivity contribution in [3.63, 3.8) is 0 Å². The van der Waals surface area contributed by atoms with Gasteiger partial charge in [0.2, 0.25) is 0 Å². The Balaban J connectivity index is 1.94. The minimum absolute atomic E-state index is 0.101. The highest BCUT2D eigenvalue weighted by Gasteiger charge is 2.32. The van der Waals surface area contributed by atoms with Crippen molar-refractivity contribution in [2.45, 2.75) is 31.8 Å². The molecule has 0 unspecified atom stereocenters. The van der Waals surface area contributed by atoms with Crippen molar-refractivity contribution in [2.24, 2.45) is 5.92 Å². The summed E-state index contributed by atoms with van der Waals surface area (Å²) in [5.41, 5.74) is 0.605. The van der Waals surface area contributed by atoms with Crippen LogP contribution in [0.25, 0.3) is 0 Å². The fraction of sp³-hybridized carbons (Fsp3) is 0.294. The zero-order valence-corrected chi connectivity index (χ0v) is 15.7. The van der Waals surface area contributed by atoms with Crippen molar-refractivity contribution < 1.29 is 22.7 Å². The van der Waals surface area contributed by atoms with Gasteiger partial charge >= 0.3 is 0 Å². The van der Waals surface area contributed by atoms with E-state index in [1.807, 2.05) is 18.6 Å². The van der Waals surface area contributed by atoms with E-state index in [4.69, 9.17) is 4.74 Å². The lowest BCUT2D eigenvalue weighted by Crippen LogP contribution is -2.40. The maximum Gasteiger partial charge on any atom is 0.285 e. The van der Waals surface area contributed by atoms with Gasteiger partial charge in [0, 0.05) is 12.3 Å². The van der Waals surface area contributed by atoms with E-state index in [2.05, 4.69) is 15.5 Å². The first-order chi connectivity index (χ1) is 12.7. The number of anilines is 1. The molecule has 0 bridgehead atoms. The predicted molar refractivity (Wildman–Crippen MR) is 95.7 cm³/mol. The molecule has 142 valence electrons. The molecule has 2 amide bonds. The van der Waals surface area contributed by atoms with E-state index in [-0.39, 0.29) is 28.2 Å². The molecule has 2 aromatic rings. The average Bonchev–Trinajstić information content (AvgIpc) is 2.60. The van der Waals surface area contributed by atoms with Crippen LogP contribution in [-0.4, -0.2) is 36.5 Å². The summed E-state index contributed by atoms with van der Waals surface area (Å²) in [5, 5.41) is 9.85. The number of hydrogen-bond donors (Lipinski definition) is 2. The Hall–Kier alpha value is -3.01. The van der Waals surface area contributed by atoms with Gasteiger partial charge in [-0.05, 0) is 36.6 Å². The first-order valence-electron chi connectivity index (χ1n) is 8.16. The summed E-state index contributed by atoms with van der Waals surface area (Å²) in [7, 11) is -4.18. The van der Waals surface area contributed by atoms with Crippen LogP contribution in [0.5, 0.6) is 5.75 Å². The maximum absolute atomic E-state index is 12.7. The minimum atomic E-state index is -4.18. The van der Waals surface area contributed by atoms with E-state index in [1.54, 1.807) is 6.92 Å². The normalized spacial score (nSPS) is 16.3. The van der Waals surface area contributed by atoms with Gasteiger partial charge in [-0.3, -0.25) is 9.59 Å². The molecule has 1 aromatic carbocycles. The second-order valence-corrected chi connectivity index (χ2v) is 8.08. The standard InChI is InChI=1S/C17H18N4O5S/c1-9(2)15-17(23)19-12-7-10(3)14(8-13(12)26-15)27(24,25)21-16(22)11-5-4-6-18-20-11/h4-9,15H,1-3H3,(H,19,23)(H,21,22)/t15-/m0/s1. The number of nitrogens with zero attached hydrogens (tertiary/aromatic N) is 2. The fourth-order valence-corrected chi connectivity index (χ4v) is 3.84. The number of rotatable bonds is 4. The van der Waals surface area contributed by atoms with Gasteiger partial charge < -0.3 is 10.1 Å². The lowest BCUT2D eigenvalue weighted by Gasteiger charge is -2.29. The van der Waals surface area contributed by atoms with Gasteiger partial charge in [-0.25, -0.2) is 13.1 Å². The molecule has 1 aromatic heterocycles. The Morgan fingerprint density at radius 1 is 1.33 bits per heavy atom. The maximum atomic E-state index is 12.7. The fourth-order valence-electron chi connectivity index (χ4n) is 2.64. The van der Waals surface area contributed by atoms with Crippen LogP contribution in [0.4, 0.5) is 5.69 Å². The molecule has 1 aliphatic heterocycles. The van der Waals surface area contributed by atoms with Crippen molar-refractivity contribution in [3.05, 3.63) is 41.7 Å². The number of benzene rings is 1. The van der Waals surface area contributed by atoms with Crippen LogP contribution in [0.2, 0.25) is 0 Å². The number of amides is 2. The number of nitrogens with one attached hydrogen (secondary N) is 2. The van der Waals surface area contributed by atoms with Gasteiger partial charge in [0.25, 0.3) is 21.8 Å². The Morgan fingerprint density at radius 2 is 2.07 bits per heavy atom. The van der Waals surface area contributed by atoms with Crippen LogP contribution in [-0.2, 0) is 14.8 Å². The number of ether oxygens (including phenoxy) is 1. The van der Waals surface area contributed by atoms with E-state index in [1.165, 1.54) is 30.5 Å². The third kappa shape index (κ3) is 3.75. The molecule has 9 nitrogen and oxygen atoms in total. The van der Waals surface area contributed by atoms with Crippen molar-refractivity contribution in [2.75, 3.05) is 5.32 Å². The third-order valence-corrected chi connectivity index (χ3v) is 5.45. The monoisotopic (exact) mass is 390 g/mol. The Bertz CT molecular complexity index is 1010. The lowest BCUT2D eigenvalue weighted by molar-refractivity contribution is -0.125.